The molecule has 0 N–H and O–H groups in total. The number of anilines is 3. The predicted molar refractivity (Wildman–Crippen MR) is 166 cm³/mol. The smallest absolute Gasteiger partial charge is 0.0832 e. The van der Waals surface area contributed by atoms with Crippen molar-refractivity contribution in [3.05, 3.63) is 86.4 Å². The first-order chi connectivity index (χ1) is 17.5. The third-order valence-corrected chi connectivity index (χ3v) is 10.4. The molecule has 0 spiro atoms. The lowest BCUT2D eigenvalue weighted by atomic mass is 9.63. The minimum atomic E-state index is 0.114. The number of benzene rings is 3. The maximum absolute atomic E-state index is 6.98. The molecule has 202 valence electrons. The summed E-state index contributed by atoms with van der Waals surface area (Å²) in [4.78, 5) is 2.33. The van der Waals surface area contributed by atoms with Gasteiger partial charge in [-0.1, -0.05) is 90.7 Å². The van der Waals surface area contributed by atoms with Gasteiger partial charge in [-0.2, -0.15) is 0 Å². The third-order valence-electron chi connectivity index (χ3n) is 9.58. The molecule has 0 aromatic heterocycles. The van der Waals surface area contributed by atoms with Gasteiger partial charge in [0.05, 0.1) is 15.7 Å². The molecule has 0 aliphatic heterocycles. The monoisotopic (exact) mass is 547 g/mol. The lowest BCUT2D eigenvalue weighted by molar-refractivity contribution is 0.332. The van der Waals surface area contributed by atoms with Gasteiger partial charge in [-0.3, -0.25) is 0 Å². The molecule has 0 radical (unpaired) electrons. The second-order valence-corrected chi connectivity index (χ2v) is 15.2. The number of rotatable bonds is 3. The molecule has 3 aromatic carbocycles. The molecule has 0 unspecified atom stereocenters. The highest BCUT2D eigenvalue weighted by Crippen LogP contribution is 2.51. The number of hydrogen-bond donors (Lipinski definition) is 0. The molecule has 3 aromatic rings. The fourth-order valence-corrected chi connectivity index (χ4v) is 7.19. The first kappa shape index (κ1) is 27.6. The van der Waals surface area contributed by atoms with E-state index in [0.29, 0.717) is 10.0 Å². The molecule has 2 aliphatic carbocycles. The average Bonchev–Trinajstić information content (AvgIpc) is 2.83. The minimum Gasteiger partial charge on any atom is -0.309 e. The molecule has 0 heterocycles. The zero-order valence-corrected chi connectivity index (χ0v) is 26.2. The van der Waals surface area contributed by atoms with Crippen LogP contribution in [0.3, 0.4) is 0 Å². The highest BCUT2D eigenvalue weighted by molar-refractivity contribution is 6.44. The summed E-state index contributed by atoms with van der Waals surface area (Å²) in [6.07, 6.45) is 4.75. The Morgan fingerprint density at radius 1 is 0.553 bits per heavy atom. The van der Waals surface area contributed by atoms with Gasteiger partial charge in [0.2, 0.25) is 0 Å². The van der Waals surface area contributed by atoms with Crippen LogP contribution in [0.2, 0.25) is 10.0 Å². The lowest BCUT2D eigenvalue weighted by Crippen LogP contribution is -2.34. The van der Waals surface area contributed by atoms with Crippen molar-refractivity contribution in [3.8, 4) is 0 Å². The standard InChI is InChI=1S/C35H43Cl2N/c1-22-18-29(36)31(37)30(19-22)38(23-10-12-25-27(20-23)34(6,7)16-14-32(25,2)3)24-11-13-26-28(21-24)35(8,9)17-15-33(26,4)5/h10-13,18-21H,14-17H2,1-9H3. The van der Waals surface area contributed by atoms with E-state index in [0.717, 1.165) is 22.6 Å². The first-order valence-corrected chi connectivity index (χ1v) is 14.8. The lowest BCUT2D eigenvalue weighted by Gasteiger charge is -2.43. The molecule has 3 heteroatoms. The number of aryl methyl sites for hydroxylation is 1. The highest BCUT2D eigenvalue weighted by Gasteiger charge is 2.39. The normalized spacial score (nSPS) is 20.4. The van der Waals surface area contributed by atoms with Gasteiger partial charge < -0.3 is 4.90 Å². The summed E-state index contributed by atoms with van der Waals surface area (Å²) in [6, 6.07) is 18.2. The maximum atomic E-state index is 6.98. The van der Waals surface area contributed by atoms with Gasteiger partial charge in [0, 0.05) is 11.4 Å². The Kier molecular flexibility index (Phi) is 6.56. The van der Waals surface area contributed by atoms with Crippen molar-refractivity contribution in [1.82, 2.24) is 0 Å². The van der Waals surface area contributed by atoms with Crippen molar-refractivity contribution >= 4 is 40.3 Å². The van der Waals surface area contributed by atoms with E-state index in [1.54, 1.807) is 0 Å². The van der Waals surface area contributed by atoms with Crippen LogP contribution in [0.15, 0.2) is 48.5 Å². The van der Waals surface area contributed by atoms with E-state index >= 15 is 0 Å². The van der Waals surface area contributed by atoms with Crippen LogP contribution in [0, 0.1) is 6.92 Å². The van der Waals surface area contributed by atoms with Crippen LogP contribution in [-0.2, 0) is 21.7 Å². The van der Waals surface area contributed by atoms with Crippen molar-refractivity contribution < 1.29 is 0 Å². The summed E-state index contributed by atoms with van der Waals surface area (Å²) in [5.74, 6) is 0. The summed E-state index contributed by atoms with van der Waals surface area (Å²) in [5, 5.41) is 1.18. The highest BCUT2D eigenvalue weighted by atomic mass is 35.5. The Labute approximate surface area is 240 Å². The molecule has 0 amide bonds. The summed E-state index contributed by atoms with van der Waals surface area (Å²) < 4.78 is 0. The van der Waals surface area contributed by atoms with Crippen molar-refractivity contribution in [1.29, 1.82) is 0 Å². The zero-order chi connectivity index (χ0) is 27.8. The van der Waals surface area contributed by atoms with E-state index in [1.807, 2.05) is 6.07 Å². The Balaban J connectivity index is 1.78. The Bertz CT molecular complexity index is 1330. The topological polar surface area (TPSA) is 3.24 Å². The molecule has 0 saturated carbocycles. The SMILES string of the molecule is Cc1cc(Cl)c(Cl)c(N(c2ccc3c(c2)C(C)(C)CCC3(C)C)c2ccc3c(c2)C(C)(C)CCC3(C)C)c1. The average molecular weight is 549 g/mol. The molecule has 0 saturated heterocycles. The minimum absolute atomic E-state index is 0.114. The van der Waals surface area contributed by atoms with Gasteiger partial charge >= 0.3 is 0 Å². The van der Waals surface area contributed by atoms with E-state index in [1.165, 1.54) is 47.9 Å². The van der Waals surface area contributed by atoms with Crippen LogP contribution in [0.1, 0.15) is 109 Å². The zero-order valence-electron chi connectivity index (χ0n) is 24.7. The van der Waals surface area contributed by atoms with E-state index in [2.05, 4.69) is 110 Å². The molecule has 5 rings (SSSR count). The Hall–Kier alpha value is -1.96. The fraction of sp³-hybridized carbons (Fsp3) is 0.486. The van der Waals surface area contributed by atoms with Gasteiger partial charge in [0.25, 0.3) is 0 Å². The van der Waals surface area contributed by atoms with Gasteiger partial charge in [0.1, 0.15) is 0 Å². The van der Waals surface area contributed by atoms with E-state index in [4.69, 9.17) is 23.2 Å². The quantitative estimate of drug-likeness (QED) is 0.315. The van der Waals surface area contributed by atoms with Crippen LogP contribution in [0.5, 0.6) is 0 Å². The molecule has 2 aliphatic rings. The molecule has 38 heavy (non-hydrogen) atoms. The largest absolute Gasteiger partial charge is 0.309 e. The number of fused-ring (bicyclic) bond motifs is 2. The third kappa shape index (κ3) is 4.58. The van der Waals surface area contributed by atoms with E-state index in [9.17, 15) is 0 Å². The summed E-state index contributed by atoms with van der Waals surface area (Å²) in [5.41, 5.74) is 10.6. The van der Waals surface area contributed by atoms with Crippen molar-refractivity contribution in [2.24, 2.45) is 0 Å². The van der Waals surface area contributed by atoms with Crippen LogP contribution in [0.25, 0.3) is 0 Å². The Morgan fingerprint density at radius 2 is 0.947 bits per heavy atom. The van der Waals surface area contributed by atoms with E-state index in [-0.39, 0.29) is 21.7 Å². The molecule has 0 atom stereocenters. The molecular formula is C35H43Cl2N. The van der Waals surface area contributed by atoms with Crippen molar-refractivity contribution in [2.75, 3.05) is 4.90 Å². The summed E-state index contributed by atoms with van der Waals surface area (Å²) >= 11 is 13.7. The van der Waals surface area contributed by atoms with E-state index < -0.39 is 0 Å². The number of nitrogens with zero attached hydrogens (tertiary/aromatic N) is 1. The summed E-state index contributed by atoms with van der Waals surface area (Å²) in [6.45, 7) is 21.1. The molecule has 0 fully saturated rings. The molecule has 0 bridgehead atoms. The van der Waals surface area contributed by atoms with Crippen molar-refractivity contribution in [3.63, 3.8) is 0 Å². The number of hydrogen-bond acceptors (Lipinski definition) is 1. The van der Waals surface area contributed by atoms with Crippen LogP contribution in [0.4, 0.5) is 17.1 Å². The van der Waals surface area contributed by atoms with Gasteiger partial charge in [0.15, 0.2) is 0 Å². The molecule has 1 nitrogen and oxygen atoms in total. The fourth-order valence-electron chi connectivity index (χ4n) is 6.73. The number of halogens is 2. The van der Waals surface area contributed by atoms with Crippen LogP contribution < -0.4 is 4.90 Å². The first-order valence-electron chi connectivity index (χ1n) is 14.1. The van der Waals surface area contributed by atoms with Crippen LogP contribution in [-0.4, -0.2) is 0 Å². The van der Waals surface area contributed by atoms with Gasteiger partial charge in [-0.25, -0.2) is 0 Å². The maximum Gasteiger partial charge on any atom is 0.0832 e. The van der Waals surface area contributed by atoms with Gasteiger partial charge in [-0.05, 0) is 118 Å². The van der Waals surface area contributed by atoms with Crippen molar-refractivity contribution in [2.45, 2.75) is 110 Å². The molecular weight excluding hydrogens is 505 g/mol. The second kappa shape index (κ2) is 9.03. The Morgan fingerprint density at radius 3 is 1.37 bits per heavy atom. The van der Waals surface area contributed by atoms with Gasteiger partial charge in [-0.15, -0.1) is 0 Å². The van der Waals surface area contributed by atoms with Crippen LogP contribution >= 0.6 is 23.2 Å². The summed E-state index contributed by atoms with van der Waals surface area (Å²) in [7, 11) is 0. The predicted octanol–water partition coefficient (Wildman–Crippen LogP) is 11.5. The second-order valence-electron chi connectivity index (χ2n) is 14.4.